The molecule has 3 aliphatic rings. The molecule has 3 aromatic carbocycles. The van der Waals surface area contributed by atoms with E-state index in [1.807, 2.05) is 24.3 Å². The molecule has 222 valence electrons. The standard InChI is InChI=1S/C36H46N4O2/c1-26(2)32-6-4-5-7-33(32)34-25-38(24-27-8-14-31(42-3)15-9-27)20-21-40(34)30-22-36(23-30)16-18-39(19-17-36)29-12-10-28(11-13-29)35(37)41/h4-15,26,30,34H,16-25H2,1-3H3,(H2,37,41). The van der Waals surface area contributed by atoms with Gasteiger partial charge in [0, 0.05) is 62.6 Å². The molecule has 2 saturated heterocycles. The summed E-state index contributed by atoms with van der Waals surface area (Å²) in [6.07, 6.45) is 5.10. The normalized spacial score (nSPS) is 21.4. The molecule has 1 unspecified atom stereocenters. The van der Waals surface area contributed by atoms with Gasteiger partial charge in [-0.1, -0.05) is 50.2 Å². The third-order valence-corrected chi connectivity index (χ3v) is 10.2. The number of hydrogen-bond acceptors (Lipinski definition) is 5. The Morgan fingerprint density at radius 2 is 1.62 bits per heavy atom. The van der Waals surface area contributed by atoms with Crippen LogP contribution in [0.25, 0.3) is 0 Å². The Balaban J connectivity index is 1.13. The van der Waals surface area contributed by atoms with Crippen LogP contribution in [0.3, 0.4) is 0 Å². The van der Waals surface area contributed by atoms with Gasteiger partial charge in [-0.2, -0.15) is 0 Å². The molecule has 6 heteroatoms. The molecule has 2 aliphatic heterocycles. The quantitative estimate of drug-likeness (QED) is 0.351. The lowest BCUT2D eigenvalue weighted by molar-refractivity contribution is -0.0628. The maximum Gasteiger partial charge on any atom is 0.248 e. The van der Waals surface area contributed by atoms with E-state index in [1.54, 1.807) is 7.11 Å². The summed E-state index contributed by atoms with van der Waals surface area (Å²) < 4.78 is 5.38. The van der Waals surface area contributed by atoms with E-state index in [2.05, 4.69) is 77.1 Å². The Labute approximate surface area is 251 Å². The number of hydrogen-bond donors (Lipinski definition) is 1. The highest BCUT2D eigenvalue weighted by molar-refractivity contribution is 5.93. The fourth-order valence-electron chi connectivity index (χ4n) is 7.70. The third-order valence-electron chi connectivity index (χ3n) is 10.2. The van der Waals surface area contributed by atoms with Crippen molar-refractivity contribution in [3.05, 3.63) is 95.1 Å². The van der Waals surface area contributed by atoms with Gasteiger partial charge in [-0.25, -0.2) is 0 Å². The molecule has 0 aromatic heterocycles. The topological polar surface area (TPSA) is 62.0 Å². The number of nitrogens with zero attached hydrogens (tertiary/aromatic N) is 3. The molecule has 3 fully saturated rings. The van der Waals surface area contributed by atoms with Crippen LogP contribution < -0.4 is 15.4 Å². The molecule has 1 amide bonds. The third kappa shape index (κ3) is 5.93. The Bertz CT molecular complexity index is 1350. The van der Waals surface area contributed by atoms with Gasteiger partial charge in [0.1, 0.15) is 5.75 Å². The van der Waals surface area contributed by atoms with Crippen molar-refractivity contribution in [2.45, 2.75) is 64.1 Å². The summed E-state index contributed by atoms with van der Waals surface area (Å²) in [6.45, 7) is 11.1. The minimum absolute atomic E-state index is 0.365. The van der Waals surface area contributed by atoms with E-state index in [9.17, 15) is 4.79 Å². The van der Waals surface area contributed by atoms with Crippen LogP contribution in [0.4, 0.5) is 5.69 Å². The monoisotopic (exact) mass is 566 g/mol. The van der Waals surface area contributed by atoms with Crippen molar-refractivity contribution in [3.8, 4) is 5.75 Å². The number of piperazine rings is 1. The van der Waals surface area contributed by atoms with Crippen LogP contribution in [-0.4, -0.2) is 61.6 Å². The second-order valence-corrected chi connectivity index (χ2v) is 13.1. The molecule has 3 aromatic rings. The maximum atomic E-state index is 11.5. The average Bonchev–Trinajstić information content (AvgIpc) is 3.00. The van der Waals surface area contributed by atoms with Gasteiger partial charge in [-0.05, 0) is 90.1 Å². The predicted molar refractivity (Wildman–Crippen MR) is 170 cm³/mol. The van der Waals surface area contributed by atoms with Gasteiger partial charge in [-0.15, -0.1) is 0 Å². The summed E-state index contributed by atoms with van der Waals surface area (Å²) in [5, 5.41) is 0. The first-order valence-electron chi connectivity index (χ1n) is 15.7. The van der Waals surface area contributed by atoms with E-state index >= 15 is 0 Å². The van der Waals surface area contributed by atoms with E-state index in [0.717, 1.165) is 45.0 Å². The van der Waals surface area contributed by atoms with Gasteiger partial charge < -0.3 is 15.4 Å². The number of rotatable bonds is 8. The smallest absolute Gasteiger partial charge is 0.248 e. The largest absolute Gasteiger partial charge is 0.497 e. The van der Waals surface area contributed by atoms with Gasteiger partial charge in [0.05, 0.1) is 7.11 Å². The molecule has 1 spiro atoms. The first-order valence-corrected chi connectivity index (χ1v) is 15.7. The lowest BCUT2D eigenvalue weighted by Crippen LogP contribution is -2.60. The molecule has 42 heavy (non-hydrogen) atoms. The fraction of sp³-hybridized carbons (Fsp3) is 0.472. The molecule has 6 nitrogen and oxygen atoms in total. The van der Waals surface area contributed by atoms with Gasteiger partial charge >= 0.3 is 0 Å². The van der Waals surface area contributed by atoms with Crippen LogP contribution in [-0.2, 0) is 6.54 Å². The highest BCUT2D eigenvalue weighted by Crippen LogP contribution is 2.53. The zero-order valence-corrected chi connectivity index (χ0v) is 25.5. The Morgan fingerprint density at radius 3 is 2.26 bits per heavy atom. The van der Waals surface area contributed by atoms with Crippen LogP contribution >= 0.6 is 0 Å². The molecule has 0 bridgehead atoms. The van der Waals surface area contributed by atoms with E-state index in [4.69, 9.17) is 10.5 Å². The number of primary amides is 1. The maximum absolute atomic E-state index is 11.5. The van der Waals surface area contributed by atoms with E-state index in [0.29, 0.717) is 29.0 Å². The van der Waals surface area contributed by atoms with Crippen LogP contribution in [0, 0.1) is 5.41 Å². The molecule has 1 saturated carbocycles. The van der Waals surface area contributed by atoms with Crippen LogP contribution in [0.15, 0.2) is 72.8 Å². The number of methoxy groups -OCH3 is 1. The summed E-state index contributed by atoms with van der Waals surface area (Å²) in [7, 11) is 1.73. The van der Waals surface area contributed by atoms with Gasteiger partial charge in [-0.3, -0.25) is 14.6 Å². The van der Waals surface area contributed by atoms with Crippen molar-refractivity contribution in [1.29, 1.82) is 0 Å². The number of carbonyl (C=O) groups excluding carboxylic acids is 1. The minimum atomic E-state index is -0.365. The van der Waals surface area contributed by atoms with Crippen LogP contribution in [0.2, 0.25) is 0 Å². The molecule has 6 rings (SSSR count). The molecule has 0 radical (unpaired) electrons. The summed E-state index contributed by atoms with van der Waals surface area (Å²) in [4.78, 5) is 19.5. The number of amides is 1. The van der Waals surface area contributed by atoms with Crippen molar-refractivity contribution in [2.75, 3.05) is 44.7 Å². The molecule has 2 heterocycles. The molecule has 1 aliphatic carbocycles. The number of benzene rings is 3. The highest BCUT2D eigenvalue weighted by Gasteiger charge is 2.50. The second kappa shape index (κ2) is 12.1. The SMILES string of the molecule is COc1ccc(CN2CCN(C3CC4(CCN(c5ccc(C(N)=O)cc5)CC4)C3)C(c3ccccc3C(C)C)C2)cc1. The minimum Gasteiger partial charge on any atom is -0.497 e. The number of ether oxygens (including phenoxy) is 1. The fourth-order valence-corrected chi connectivity index (χ4v) is 7.70. The molecular weight excluding hydrogens is 520 g/mol. The van der Waals surface area contributed by atoms with Gasteiger partial charge in [0.2, 0.25) is 5.91 Å². The average molecular weight is 567 g/mol. The van der Waals surface area contributed by atoms with Crippen molar-refractivity contribution >= 4 is 11.6 Å². The molecule has 1 atom stereocenters. The van der Waals surface area contributed by atoms with Crippen LogP contribution in [0.5, 0.6) is 5.75 Å². The summed E-state index contributed by atoms with van der Waals surface area (Å²) in [5.74, 6) is 1.06. The second-order valence-electron chi connectivity index (χ2n) is 13.1. The highest BCUT2D eigenvalue weighted by atomic mass is 16.5. The Morgan fingerprint density at radius 1 is 0.929 bits per heavy atom. The van der Waals surface area contributed by atoms with Crippen LogP contribution in [0.1, 0.15) is 78.5 Å². The number of piperidine rings is 1. The van der Waals surface area contributed by atoms with Gasteiger partial charge in [0.25, 0.3) is 0 Å². The summed E-state index contributed by atoms with van der Waals surface area (Å²) in [6, 6.07) is 26.6. The lowest BCUT2D eigenvalue weighted by Gasteiger charge is -2.58. The molecule has 2 N–H and O–H groups in total. The number of anilines is 1. The molecular formula is C36H46N4O2. The first kappa shape index (κ1) is 28.8. The van der Waals surface area contributed by atoms with Crippen molar-refractivity contribution < 1.29 is 9.53 Å². The van der Waals surface area contributed by atoms with Gasteiger partial charge in [0.15, 0.2) is 0 Å². The van der Waals surface area contributed by atoms with Crippen molar-refractivity contribution in [2.24, 2.45) is 11.1 Å². The number of nitrogens with two attached hydrogens (primary N) is 1. The predicted octanol–water partition coefficient (Wildman–Crippen LogP) is 6.23. The zero-order chi connectivity index (χ0) is 29.3. The lowest BCUT2D eigenvalue weighted by atomic mass is 9.59. The number of carbonyl (C=O) groups is 1. The summed E-state index contributed by atoms with van der Waals surface area (Å²) >= 11 is 0. The van der Waals surface area contributed by atoms with E-state index in [1.165, 1.54) is 48.1 Å². The van der Waals surface area contributed by atoms with E-state index in [-0.39, 0.29) is 5.91 Å². The Kier molecular flexibility index (Phi) is 8.28. The Hall–Kier alpha value is -3.35. The van der Waals surface area contributed by atoms with E-state index < -0.39 is 0 Å². The first-order chi connectivity index (χ1) is 20.3. The van der Waals surface area contributed by atoms with Crippen molar-refractivity contribution in [1.82, 2.24) is 9.80 Å². The zero-order valence-electron chi connectivity index (χ0n) is 25.5. The summed E-state index contributed by atoms with van der Waals surface area (Å²) in [5.41, 5.74) is 12.0. The van der Waals surface area contributed by atoms with Crippen molar-refractivity contribution in [3.63, 3.8) is 0 Å².